The minimum Gasteiger partial charge on any atom is -0.462 e. The molecule has 0 bridgehead atoms. The Morgan fingerprint density at radius 1 is 1.34 bits per heavy atom. The molecule has 6 N–H and O–H groups in total. The Balaban J connectivity index is 1.30. The van der Waals surface area contributed by atoms with Crippen molar-refractivity contribution in [1.29, 1.82) is 0 Å². The lowest BCUT2D eigenvalue weighted by molar-refractivity contribution is -0.154. The third kappa shape index (κ3) is 4.03. The van der Waals surface area contributed by atoms with E-state index in [-0.39, 0.29) is 12.1 Å². The third-order valence-corrected chi connectivity index (χ3v) is 7.44. The van der Waals surface area contributed by atoms with Gasteiger partial charge in [-0.05, 0) is 45.1 Å². The largest absolute Gasteiger partial charge is 0.614 e. The van der Waals surface area contributed by atoms with Crippen molar-refractivity contribution in [2.45, 2.75) is 88.4 Å². The summed E-state index contributed by atoms with van der Waals surface area (Å²) in [5, 5.41) is 28.3. The van der Waals surface area contributed by atoms with Gasteiger partial charge in [0.25, 0.3) is 0 Å². The maximum atomic E-state index is 12.4. The Labute approximate surface area is 201 Å². The molecule has 3 fully saturated rings. The van der Waals surface area contributed by atoms with E-state index in [9.17, 15) is 19.6 Å². The number of aromatic nitrogens is 4. The number of carbonyl (C=O) groups is 1. The van der Waals surface area contributed by atoms with Gasteiger partial charge in [0.1, 0.15) is 17.7 Å². The molecule has 190 valence electrons. The van der Waals surface area contributed by atoms with Gasteiger partial charge >= 0.3 is 14.1 Å². The molecule has 2 aliphatic carbocycles. The first-order chi connectivity index (χ1) is 16.4. The molecule has 3 heterocycles. The highest BCUT2D eigenvalue weighted by Crippen LogP contribution is 2.62. The van der Waals surface area contributed by atoms with Crippen LogP contribution in [0, 0.1) is 0 Å². The molecule has 3 aliphatic rings. The van der Waals surface area contributed by atoms with E-state index in [1.54, 1.807) is 13.8 Å². The summed E-state index contributed by atoms with van der Waals surface area (Å²) >= 11 is 0. The Morgan fingerprint density at radius 2 is 2.06 bits per heavy atom. The first kappa shape index (κ1) is 24.2. The standard InChI is InChI=1S/C20H29N7O7P/c1-8(2)32-16(28)9(3)26-35(31)34-13-12-20(13,30)19(4,29)17(33-12)27-7-22-11-14(23-10-5-6-10)24-18(21)25-15(11)27/h7-10,12-13,17,29-30H,5-6H2,1-4H3,(H,26,31)(H3,21,23,24,25)/q+1/t9-,12+,13?,17+,19-,20-/m0/s1. The Morgan fingerprint density at radius 3 is 2.66 bits per heavy atom. The molecule has 14 nitrogen and oxygen atoms in total. The smallest absolute Gasteiger partial charge is 0.462 e. The topological polar surface area (TPSA) is 196 Å². The molecule has 15 heteroatoms. The van der Waals surface area contributed by atoms with Gasteiger partial charge in [-0.15, -0.1) is 4.52 Å². The van der Waals surface area contributed by atoms with Crippen LogP contribution in [0.3, 0.4) is 0 Å². The zero-order valence-electron chi connectivity index (χ0n) is 19.7. The van der Waals surface area contributed by atoms with Crippen LogP contribution in [0.2, 0.25) is 0 Å². The summed E-state index contributed by atoms with van der Waals surface area (Å²) in [7, 11) is -2.57. The number of esters is 1. The number of rotatable bonds is 9. The van der Waals surface area contributed by atoms with Crippen LogP contribution >= 0.6 is 8.18 Å². The lowest BCUT2D eigenvalue weighted by Crippen LogP contribution is -2.48. The number of hydrogen-bond donors (Lipinski definition) is 5. The number of carbonyl (C=O) groups excluding carboxylic acids is 1. The van der Waals surface area contributed by atoms with E-state index in [0.29, 0.717) is 23.0 Å². The summed E-state index contributed by atoms with van der Waals surface area (Å²) in [6, 6.07) is -0.593. The molecule has 2 aromatic heterocycles. The van der Waals surface area contributed by atoms with Crippen molar-refractivity contribution in [2.24, 2.45) is 0 Å². The fourth-order valence-electron chi connectivity index (χ4n) is 4.31. The van der Waals surface area contributed by atoms with Crippen molar-refractivity contribution < 1.29 is 33.6 Å². The summed E-state index contributed by atoms with van der Waals surface area (Å²) in [4.78, 5) is 24.8. The second-order valence-electron chi connectivity index (χ2n) is 9.67. The van der Waals surface area contributed by atoms with Crippen LogP contribution in [0.5, 0.6) is 0 Å². The summed E-state index contributed by atoms with van der Waals surface area (Å²) in [5.41, 5.74) is 2.97. The van der Waals surface area contributed by atoms with Gasteiger partial charge in [0.05, 0.1) is 12.4 Å². The number of nitrogens with two attached hydrogens (primary N) is 1. The minimum atomic E-state index is -2.57. The average Bonchev–Trinajstić information content (AvgIpc) is 3.60. The van der Waals surface area contributed by atoms with Gasteiger partial charge in [-0.1, -0.05) is 5.09 Å². The number of nitrogen functional groups attached to an aromatic ring is 1. The molecule has 5 rings (SSSR count). The Hall–Kier alpha value is -2.48. The van der Waals surface area contributed by atoms with Gasteiger partial charge in [0, 0.05) is 6.04 Å². The lowest BCUT2D eigenvalue weighted by atomic mass is 9.95. The van der Waals surface area contributed by atoms with Gasteiger partial charge < -0.3 is 30.7 Å². The van der Waals surface area contributed by atoms with Crippen molar-refractivity contribution in [3.8, 4) is 0 Å². The van der Waals surface area contributed by atoms with Crippen molar-refractivity contribution in [3.63, 3.8) is 0 Å². The van der Waals surface area contributed by atoms with Crippen LogP contribution in [-0.4, -0.2) is 77.3 Å². The first-order valence-electron chi connectivity index (χ1n) is 11.4. The third-order valence-electron chi connectivity index (χ3n) is 6.42. The molecule has 0 aromatic carbocycles. The number of anilines is 2. The maximum absolute atomic E-state index is 12.4. The number of hydrogen-bond acceptors (Lipinski definition) is 12. The number of nitrogens with one attached hydrogen (secondary N) is 2. The van der Waals surface area contributed by atoms with Crippen LogP contribution in [0.1, 0.15) is 46.8 Å². The van der Waals surface area contributed by atoms with E-state index >= 15 is 0 Å². The molecule has 0 amide bonds. The van der Waals surface area contributed by atoms with Crippen LogP contribution < -0.4 is 16.1 Å². The molecule has 2 saturated carbocycles. The molecule has 0 spiro atoms. The Kier molecular flexibility index (Phi) is 5.74. The molecule has 2 aromatic rings. The molecule has 1 aliphatic heterocycles. The fourth-order valence-corrected chi connectivity index (χ4v) is 5.27. The van der Waals surface area contributed by atoms with E-state index < -0.39 is 49.8 Å². The molecule has 1 saturated heterocycles. The lowest BCUT2D eigenvalue weighted by Gasteiger charge is -2.32. The number of imidazole rings is 1. The second kappa shape index (κ2) is 8.29. The molecule has 0 radical (unpaired) electrons. The zero-order valence-corrected chi connectivity index (χ0v) is 20.6. The van der Waals surface area contributed by atoms with Crippen LogP contribution in [-0.2, 0) is 23.4 Å². The van der Waals surface area contributed by atoms with Gasteiger partial charge in [-0.25, -0.2) is 4.98 Å². The van der Waals surface area contributed by atoms with Crippen molar-refractivity contribution in [2.75, 3.05) is 11.1 Å². The molecule has 7 atom stereocenters. The highest BCUT2D eigenvalue weighted by atomic mass is 31.1. The molecule has 2 unspecified atom stereocenters. The average molecular weight is 510 g/mol. The van der Waals surface area contributed by atoms with Gasteiger partial charge in [-0.2, -0.15) is 9.97 Å². The Bertz CT molecular complexity index is 1190. The van der Waals surface area contributed by atoms with E-state index in [1.807, 2.05) is 0 Å². The van der Waals surface area contributed by atoms with Gasteiger partial charge in [0.2, 0.25) is 5.95 Å². The summed E-state index contributed by atoms with van der Waals surface area (Å²) in [6.45, 7) is 6.28. The van der Waals surface area contributed by atoms with Crippen LogP contribution in [0.4, 0.5) is 11.8 Å². The zero-order chi connectivity index (χ0) is 25.3. The van der Waals surface area contributed by atoms with Crippen LogP contribution in [0.15, 0.2) is 6.33 Å². The molecular formula is C20H29N7O7P+. The highest BCUT2D eigenvalue weighted by molar-refractivity contribution is 7.36. The van der Waals surface area contributed by atoms with E-state index in [2.05, 4.69) is 25.4 Å². The molecular weight excluding hydrogens is 481 g/mol. The molecule has 35 heavy (non-hydrogen) atoms. The number of fused-ring (bicyclic) bond motifs is 2. The monoisotopic (exact) mass is 510 g/mol. The van der Waals surface area contributed by atoms with Gasteiger partial charge in [-0.3, -0.25) is 9.36 Å². The normalized spacial score (nSPS) is 33.0. The van der Waals surface area contributed by atoms with Crippen molar-refractivity contribution >= 4 is 37.1 Å². The number of aliphatic hydroxyl groups is 2. The predicted octanol–water partition coefficient (Wildman–Crippen LogP) is 0.348. The summed E-state index contributed by atoms with van der Waals surface area (Å²) in [6.07, 6.45) is 0.0339. The highest BCUT2D eigenvalue weighted by Gasteiger charge is 2.85. The van der Waals surface area contributed by atoms with E-state index in [0.717, 1.165) is 12.8 Å². The fraction of sp³-hybridized carbons (Fsp3) is 0.700. The van der Waals surface area contributed by atoms with Crippen LogP contribution in [0.25, 0.3) is 11.2 Å². The second-order valence-corrected chi connectivity index (χ2v) is 10.7. The SMILES string of the molecule is CC(C)OC(=O)[C@H](C)N[P+](=O)OC1[C@H]2O[C@@H](n3cnc4c(NC5CC5)nc(N)nc43)[C@](C)(O)[C@@]12O. The van der Waals surface area contributed by atoms with E-state index in [1.165, 1.54) is 24.7 Å². The van der Waals surface area contributed by atoms with Crippen molar-refractivity contribution in [1.82, 2.24) is 24.6 Å². The van der Waals surface area contributed by atoms with E-state index in [4.69, 9.17) is 19.7 Å². The maximum Gasteiger partial charge on any atom is 0.614 e. The number of nitrogens with zero attached hydrogens (tertiary/aromatic N) is 4. The quantitative estimate of drug-likeness (QED) is 0.229. The minimum absolute atomic E-state index is 0.0262. The van der Waals surface area contributed by atoms with Gasteiger partial charge in [0.15, 0.2) is 34.9 Å². The summed E-state index contributed by atoms with van der Waals surface area (Å²) < 4.78 is 30.3. The first-order valence-corrected chi connectivity index (χ1v) is 12.6. The van der Waals surface area contributed by atoms with Crippen molar-refractivity contribution in [3.05, 3.63) is 6.33 Å². The summed E-state index contributed by atoms with van der Waals surface area (Å²) in [5.74, 6) is -0.0725. The number of ether oxygens (including phenoxy) is 2. The predicted molar refractivity (Wildman–Crippen MR) is 122 cm³/mol.